The summed E-state index contributed by atoms with van der Waals surface area (Å²) in [4.78, 5) is 17.0. The third kappa shape index (κ3) is 3.11. The van der Waals surface area contributed by atoms with E-state index in [2.05, 4.69) is 17.2 Å². The molecule has 0 radical (unpaired) electrons. The van der Waals surface area contributed by atoms with E-state index >= 15 is 0 Å². The molecule has 1 atom stereocenters. The number of furan rings is 1. The second kappa shape index (κ2) is 6.24. The standard InChI is InChI=1S/C19H20N2O2/c1-12-15-7-4-5-8-17(15)20-13(2)16(12)11-19(22)21-14(3)18-9-6-10-23-18/h4-10,14H,11H2,1-3H3,(H,21,22)/t14-/m0/s1. The van der Waals surface area contributed by atoms with Crippen LogP contribution in [0.2, 0.25) is 0 Å². The number of carbonyl (C=O) groups excluding carboxylic acids is 1. The molecule has 0 aliphatic heterocycles. The van der Waals surface area contributed by atoms with Crippen LogP contribution in [0.5, 0.6) is 0 Å². The Morgan fingerprint density at radius 1 is 1.22 bits per heavy atom. The molecule has 3 aromatic rings. The maximum Gasteiger partial charge on any atom is 0.225 e. The van der Waals surface area contributed by atoms with Gasteiger partial charge in [-0.3, -0.25) is 9.78 Å². The van der Waals surface area contributed by atoms with Gasteiger partial charge in [0.15, 0.2) is 0 Å². The first kappa shape index (κ1) is 15.3. The summed E-state index contributed by atoms with van der Waals surface area (Å²) >= 11 is 0. The molecule has 3 rings (SSSR count). The quantitative estimate of drug-likeness (QED) is 0.796. The van der Waals surface area contributed by atoms with Gasteiger partial charge in [-0.05, 0) is 50.1 Å². The fourth-order valence-corrected chi connectivity index (χ4v) is 2.89. The van der Waals surface area contributed by atoms with Gasteiger partial charge in [0.05, 0.1) is 24.2 Å². The molecule has 4 nitrogen and oxygen atoms in total. The Labute approximate surface area is 135 Å². The number of carbonyl (C=O) groups is 1. The van der Waals surface area contributed by atoms with E-state index in [1.807, 2.05) is 50.2 Å². The third-order valence-electron chi connectivity index (χ3n) is 4.17. The Bertz CT molecular complexity index is 838. The van der Waals surface area contributed by atoms with Crippen LogP contribution in [0.25, 0.3) is 10.9 Å². The molecule has 0 bridgehead atoms. The maximum atomic E-state index is 12.4. The van der Waals surface area contributed by atoms with Gasteiger partial charge in [-0.15, -0.1) is 0 Å². The van der Waals surface area contributed by atoms with Gasteiger partial charge in [0.2, 0.25) is 5.91 Å². The molecule has 0 unspecified atom stereocenters. The van der Waals surface area contributed by atoms with Crippen LogP contribution in [0.3, 0.4) is 0 Å². The summed E-state index contributed by atoms with van der Waals surface area (Å²) < 4.78 is 5.32. The number of aryl methyl sites for hydroxylation is 2. The topological polar surface area (TPSA) is 55.1 Å². The highest BCUT2D eigenvalue weighted by Crippen LogP contribution is 2.23. The van der Waals surface area contributed by atoms with E-state index in [0.29, 0.717) is 6.42 Å². The zero-order valence-corrected chi connectivity index (χ0v) is 13.6. The van der Waals surface area contributed by atoms with Crippen LogP contribution in [-0.2, 0) is 11.2 Å². The number of fused-ring (bicyclic) bond motifs is 1. The summed E-state index contributed by atoms with van der Waals surface area (Å²) in [6.07, 6.45) is 1.93. The number of hydrogen-bond acceptors (Lipinski definition) is 3. The highest BCUT2D eigenvalue weighted by Gasteiger charge is 2.16. The second-order valence-corrected chi connectivity index (χ2v) is 5.80. The monoisotopic (exact) mass is 308 g/mol. The van der Waals surface area contributed by atoms with Crippen molar-refractivity contribution in [3.8, 4) is 0 Å². The van der Waals surface area contributed by atoms with Gasteiger partial charge in [-0.25, -0.2) is 0 Å². The maximum absolute atomic E-state index is 12.4. The van der Waals surface area contributed by atoms with Crippen molar-refractivity contribution < 1.29 is 9.21 Å². The van der Waals surface area contributed by atoms with E-state index in [9.17, 15) is 4.79 Å². The fraction of sp³-hybridized carbons (Fsp3) is 0.263. The summed E-state index contributed by atoms with van der Waals surface area (Å²) in [6, 6.07) is 11.5. The number of hydrogen-bond donors (Lipinski definition) is 1. The minimum atomic E-state index is -0.147. The number of rotatable bonds is 4. The van der Waals surface area contributed by atoms with Crippen molar-refractivity contribution >= 4 is 16.8 Å². The third-order valence-corrected chi connectivity index (χ3v) is 4.17. The van der Waals surface area contributed by atoms with E-state index < -0.39 is 0 Å². The SMILES string of the molecule is Cc1nc2ccccc2c(C)c1CC(=O)N[C@@H](C)c1ccco1. The van der Waals surface area contributed by atoms with Crippen molar-refractivity contribution in [2.45, 2.75) is 33.2 Å². The van der Waals surface area contributed by atoms with Gasteiger partial charge < -0.3 is 9.73 Å². The molecule has 0 aliphatic rings. The van der Waals surface area contributed by atoms with Crippen molar-refractivity contribution in [2.75, 3.05) is 0 Å². The van der Waals surface area contributed by atoms with E-state index in [4.69, 9.17) is 4.42 Å². The first-order valence-corrected chi connectivity index (χ1v) is 7.74. The molecule has 118 valence electrons. The zero-order valence-electron chi connectivity index (χ0n) is 13.6. The number of nitrogens with zero attached hydrogens (tertiary/aromatic N) is 1. The van der Waals surface area contributed by atoms with Crippen molar-refractivity contribution in [2.24, 2.45) is 0 Å². The second-order valence-electron chi connectivity index (χ2n) is 5.80. The summed E-state index contributed by atoms with van der Waals surface area (Å²) in [5.74, 6) is 0.723. The first-order valence-electron chi connectivity index (χ1n) is 7.74. The molecule has 2 heterocycles. The Balaban J connectivity index is 1.82. The molecule has 0 saturated heterocycles. The number of nitrogens with one attached hydrogen (secondary N) is 1. The van der Waals surface area contributed by atoms with E-state index in [1.165, 1.54) is 0 Å². The predicted molar refractivity (Wildman–Crippen MR) is 90.2 cm³/mol. The molecule has 0 fully saturated rings. The summed E-state index contributed by atoms with van der Waals surface area (Å²) in [5, 5.41) is 4.07. The van der Waals surface area contributed by atoms with E-state index in [0.717, 1.165) is 33.5 Å². The first-order chi connectivity index (χ1) is 11.1. The highest BCUT2D eigenvalue weighted by molar-refractivity contribution is 5.86. The molecule has 0 spiro atoms. The van der Waals surface area contributed by atoms with Crippen molar-refractivity contribution in [3.05, 3.63) is 65.2 Å². The Morgan fingerprint density at radius 2 is 2.00 bits per heavy atom. The van der Waals surface area contributed by atoms with Crippen LogP contribution < -0.4 is 5.32 Å². The predicted octanol–water partition coefficient (Wildman–Crippen LogP) is 3.86. The number of benzene rings is 1. The zero-order chi connectivity index (χ0) is 16.4. The molecule has 2 aromatic heterocycles. The molecule has 0 saturated carbocycles. The van der Waals surface area contributed by atoms with Crippen LogP contribution in [0.1, 0.15) is 35.5 Å². The minimum absolute atomic E-state index is 0.0304. The lowest BCUT2D eigenvalue weighted by molar-refractivity contribution is -0.121. The van der Waals surface area contributed by atoms with Gasteiger partial charge in [0.1, 0.15) is 5.76 Å². The molecular weight excluding hydrogens is 288 g/mol. The van der Waals surface area contributed by atoms with Crippen LogP contribution in [0.4, 0.5) is 0 Å². The van der Waals surface area contributed by atoms with Gasteiger partial charge in [0, 0.05) is 11.1 Å². The van der Waals surface area contributed by atoms with Gasteiger partial charge in [-0.2, -0.15) is 0 Å². The van der Waals surface area contributed by atoms with Gasteiger partial charge >= 0.3 is 0 Å². The normalized spacial score (nSPS) is 12.3. The summed E-state index contributed by atoms with van der Waals surface area (Å²) in [5.41, 5.74) is 3.99. The number of para-hydroxylation sites is 1. The molecule has 4 heteroatoms. The molecule has 1 aromatic carbocycles. The molecule has 23 heavy (non-hydrogen) atoms. The fourth-order valence-electron chi connectivity index (χ4n) is 2.89. The largest absolute Gasteiger partial charge is 0.467 e. The number of aromatic nitrogens is 1. The van der Waals surface area contributed by atoms with Crippen LogP contribution in [0.15, 0.2) is 47.1 Å². The van der Waals surface area contributed by atoms with Gasteiger partial charge in [-0.1, -0.05) is 18.2 Å². The Morgan fingerprint density at radius 3 is 2.74 bits per heavy atom. The highest BCUT2D eigenvalue weighted by atomic mass is 16.3. The molecule has 1 N–H and O–H groups in total. The molecule has 1 amide bonds. The Kier molecular flexibility index (Phi) is 4.15. The van der Waals surface area contributed by atoms with E-state index in [1.54, 1.807) is 6.26 Å². The van der Waals surface area contributed by atoms with Gasteiger partial charge in [0.25, 0.3) is 0 Å². The van der Waals surface area contributed by atoms with Crippen LogP contribution >= 0.6 is 0 Å². The summed E-state index contributed by atoms with van der Waals surface area (Å²) in [6.45, 7) is 5.92. The average molecular weight is 308 g/mol. The van der Waals surface area contributed by atoms with Crippen molar-refractivity contribution in [1.82, 2.24) is 10.3 Å². The minimum Gasteiger partial charge on any atom is -0.467 e. The number of pyridine rings is 1. The molecule has 0 aliphatic carbocycles. The lowest BCUT2D eigenvalue weighted by Crippen LogP contribution is -2.28. The average Bonchev–Trinajstić information content (AvgIpc) is 3.06. The number of amides is 1. The summed E-state index contributed by atoms with van der Waals surface area (Å²) in [7, 11) is 0. The van der Waals surface area contributed by atoms with Crippen LogP contribution in [-0.4, -0.2) is 10.9 Å². The molecular formula is C19H20N2O2. The van der Waals surface area contributed by atoms with E-state index in [-0.39, 0.29) is 11.9 Å². The Hall–Kier alpha value is -2.62. The van der Waals surface area contributed by atoms with Crippen LogP contribution in [0, 0.1) is 13.8 Å². The smallest absolute Gasteiger partial charge is 0.225 e. The van der Waals surface area contributed by atoms with Crippen molar-refractivity contribution in [3.63, 3.8) is 0 Å². The van der Waals surface area contributed by atoms with Crippen molar-refractivity contribution in [1.29, 1.82) is 0 Å². The lowest BCUT2D eigenvalue weighted by Gasteiger charge is -2.15. The lowest BCUT2D eigenvalue weighted by atomic mass is 9.99.